The molecular weight excluding hydrogens is 274 g/mol. The second kappa shape index (κ2) is 6.22. The van der Waals surface area contributed by atoms with Crippen LogP contribution in [0.1, 0.15) is 35.9 Å². The Morgan fingerprint density at radius 1 is 1.25 bits per heavy atom. The second-order valence-corrected chi connectivity index (χ2v) is 5.23. The van der Waals surface area contributed by atoms with Gasteiger partial charge in [-0.2, -0.15) is 5.10 Å². The van der Waals surface area contributed by atoms with Crippen LogP contribution >= 0.6 is 11.6 Å². The van der Waals surface area contributed by atoms with Crippen LogP contribution in [-0.4, -0.2) is 19.7 Å². The first-order valence-corrected chi connectivity index (χ1v) is 7.14. The summed E-state index contributed by atoms with van der Waals surface area (Å²) in [6.45, 7) is 6.89. The quantitative estimate of drug-likeness (QED) is 0.861. The largest absolute Gasteiger partial charge is 0.365 e. The van der Waals surface area contributed by atoms with E-state index < -0.39 is 0 Å². The smallest absolute Gasteiger partial charge is 0.137 e. The van der Waals surface area contributed by atoms with Gasteiger partial charge in [-0.1, -0.05) is 24.9 Å². The molecule has 0 aliphatic rings. The Morgan fingerprint density at radius 2 is 2.00 bits per heavy atom. The van der Waals surface area contributed by atoms with Crippen LogP contribution in [0, 0.1) is 13.8 Å². The average molecular weight is 294 g/mol. The number of hydrogen-bond donors (Lipinski definition) is 1. The highest BCUT2D eigenvalue weighted by Gasteiger charge is 2.12. The zero-order chi connectivity index (χ0) is 14.7. The average Bonchev–Trinajstić information content (AvgIpc) is 2.65. The van der Waals surface area contributed by atoms with E-state index in [0.717, 1.165) is 35.6 Å². The van der Waals surface area contributed by atoms with Crippen molar-refractivity contribution in [1.29, 1.82) is 0 Å². The van der Waals surface area contributed by atoms with Crippen molar-refractivity contribution in [3.63, 3.8) is 0 Å². The van der Waals surface area contributed by atoms with Crippen LogP contribution in [0.5, 0.6) is 0 Å². The molecule has 0 radical (unpaired) electrons. The molecule has 108 valence electrons. The summed E-state index contributed by atoms with van der Waals surface area (Å²) in [6, 6.07) is 0. The van der Waals surface area contributed by atoms with Crippen molar-refractivity contribution in [3.8, 4) is 0 Å². The molecule has 0 aliphatic carbocycles. The van der Waals surface area contributed by atoms with Crippen molar-refractivity contribution in [2.75, 3.05) is 5.32 Å². The number of aromatic nitrogens is 4. The Labute approximate surface area is 124 Å². The zero-order valence-corrected chi connectivity index (χ0v) is 13.1. The van der Waals surface area contributed by atoms with Gasteiger partial charge in [0.15, 0.2) is 0 Å². The molecule has 1 N–H and O–H groups in total. The number of hydrogen-bond acceptors (Lipinski definition) is 4. The molecule has 2 aromatic rings. The van der Waals surface area contributed by atoms with Gasteiger partial charge in [0.05, 0.1) is 5.69 Å². The molecule has 2 rings (SSSR count). The van der Waals surface area contributed by atoms with Crippen LogP contribution in [0.2, 0.25) is 5.15 Å². The minimum Gasteiger partial charge on any atom is -0.365 e. The molecule has 6 heteroatoms. The highest BCUT2D eigenvalue weighted by atomic mass is 35.5. The summed E-state index contributed by atoms with van der Waals surface area (Å²) in [4.78, 5) is 8.36. The van der Waals surface area contributed by atoms with Gasteiger partial charge in [0.1, 0.15) is 17.3 Å². The van der Waals surface area contributed by atoms with Gasteiger partial charge in [0, 0.05) is 30.4 Å². The molecule has 0 aromatic carbocycles. The Hall–Kier alpha value is -1.62. The molecular formula is C14H20ClN5. The van der Waals surface area contributed by atoms with Crippen LogP contribution in [-0.2, 0) is 20.0 Å². The monoisotopic (exact) mass is 293 g/mol. The third kappa shape index (κ3) is 2.93. The Morgan fingerprint density at radius 3 is 2.60 bits per heavy atom. The number of aryl methyl sites for hydroxylation is 2. The van der Waals surface area contributed by atoms with Crippen LogP contribution in [0.15, 0.2) is 6.33 Å². The lowest BCUT2D eigenvalue weighted by atomic mass is 10.1. The lowest BCUT2D eigenvalue weighted by Crippen LogP contribution is -2.07. The maximum Gasteiger partial charge on any atom is 0.137 e. The summed E-state index contributed by atoms with van der Waals surface area (Å²) < 4.78 is 1.90. The predicted octanol–water partition coefficient (Wildman–Crippen LogP) is 3.04. The van der Waals surface area contributed by atoms with E-state index in [1.54, 1.807) is 0 Å². The summed E-state index contributed by atoms with van der Waals surface area (Å²) in [5.41, 5.74) is 4.38. The van der Waals surface area contributed by atoms with E-state index in [1.165, 1.54) is 11.9 Å². The molecule has 2 aromatic heterocycles. The van der Waals surface area contributed by atoms with Gasteiger partial charge in [-0.3, -0.25) is 4.68 Å². The molecule has 0 fully saturated rings. The molecule has 20 heavy (non-hydrogen) atoms. The predicted molar refractivity (Wildman–Crippen MR) is 81.0 cm³/mol. The maximum absolute atomic E-state index is 6.15. The maximum atomic E-state index is 6.15. The summed E-state index contributed by atoms with van der Waals surface area (Å²) in [6.07, 6.45) is 3.37. The molecule has 0 aliphatic heterocycles. The molecule has 0 amide bonds. The van der Waals surface area contributed by atoms with Crippen molar-refractivity contribution in [1.82, 2.24) is 19.7 Å². The molecule has 0 saturated heterocycles. The Balaban J connectivity index is 2.21. The molecule has 2 heterocycles. The van der Waals surface area contributed by atoms with E-state index in [1.807, 2.05) is 18.7 Å². The lowest BCUT2D eigenvalue weighted by molar-refractivity contribution is 0.730. The van der Waals surface area contributed by atoms with Crippen molar-refractivity contribution in [3.05, 3.63) is 34.0 Å². The van der Waals surface area contributed by atoms with Crippen LogP contribution < -0.4 is 5.32 Å². The summed E-state index contributed by atoms with van der Waals surface area (Å²) in [5, 5.41) is 8.31. The summed E-state index contributed by atoms with van der Waals surface area (Å²) in [5.74, 6) is 0.814. The van der Waals surface area contributed by atoms with Crippen molar-refractivity contribution >= 4 is 17.4 Å². The standard InChI is InChI=1S/C14H20ClN5/c1-5-6-11-13(15)17-8-18-14(11)16-7-12-9(2)19-20(4)10(12)3/h8H,5-7H2,1-4H3,(H,16,17,18). The topological polar surface area (TPSA) is 55.6 Å². The highest BCUT2D eigenvalue weighted by molar-refractivity contribution is 6.30. The number of halogens is 1. The number of nitrogens with one attached hydrogen (secondary N) is 1. The lowest BCUT2D eigenvalue weighted by Gasteiger charge is -2.11. The van der Waals surface area contributed by atoms with E-state index >= 15 is 0 Å². The van der Waals surface area contributed by atoms with Gasteiger partial charge < -0.3 is 5.32 Å². The van der Waals surface area contributed by atoms with Crippen LogP contribution in [0.4, 0.5) is 5.82 Å². The normalized spacial score (nSPS) is 10.8. The van der Waals surface area contributed by atoms with E-state index in [0.29, 0.717) is 11.7 Å². The molecule has 0 atom stereocenters. The minimum absolute atomic E-state index is 0.531. The fourth-order valence-corrected chi connectivity index (χ4v) is 2.49. The highest BCUT2D eigenvalue weighted by Crippen LogP contribution is 2.22. The molecule has 0 unspecified atom stereocenters. The molecule has 5 nitrogen and oxygen atoms in total. The van der Waals surface area contributed by atoms with Crippen molar-refractivity contribution in [2.24, 2.45) is 7.05 Å². The fraction of sp³-hybridized carbons (Fsp3) is 0.500. The van der Waals surface area contributed by atoms with Gasteiger partial charge in [-0.15, -0.1) is 0 Å². The van der Waals surface area contributed by atoms with E-state index in [9.17, 15) is 0 Å². The van der Waals surface area contributed by atoms with Gasteiger partial charge in [0.25, 0.3) is 0 Å². The number of rotatable bonds is 5. The SMILES string of the molecule is CCCc1c(Cl)ncnc1NCc1c(C)nn(C)c1C. The third-order valence-corrected chi connectivity index (χ3v) is 3.81. The minimum atomic E-state index is 0.531. The van der Waals surface area contributed by atoms with Crippen LogP contribution in [0.25, 0.3) is 0 Å². The van der Waals surface area contributed by atoms with E-state index in [-0.39, 0.29) is 0 Å². The number of nitrogens with zero attached hydrogens (tertiary/aromatic N) is 4. The van der Waals surface area contributed by atoms with Crippen molar-refractivity contribution in [2.45, 2.75) is 40.2 Å². The van der Waals surface area contributed by atoms with Crippen LogP contribution in [0.3, 0.4) is 0 Å². The van der Waals surface area contributed by atoms with Gasteiger partial charge in [0.2, 0.25) is 0 Å². The fourth-order valence-electron chi connectivity index (χ4n) is 2.26. The summed E-state index contributed by atoms with van der Waals surface area (Å²) >= 11 is 6.15. The molecule has 0 spiro atoms. The van der Waals surface area contributed by atoms with Gasteiger partial charge in [-0.25, -0.2) is 9.97 Å². The third-order valence-electron chi connectivity index (χ3n) is 3.48. The Bertz CT molecular complexity index is 606. The second-order valence-electron chi connectivity index (χ2n) is 4.87. The van der Waals surface area contributed by atoms with E-state index in [2.05, 4.69) is 34.2 Å². The molecule has 0 saturated carbocycles. The summed E-state index contributed by atoms with van der Waals surface area (Å²) in [7, 11) is 1.95. The first-order valence-electron chi connectivity index (χ1n) is 6.76. The number of anilines is 1. The Kier molecular flexibility index (Phi) is 4.60. The molecule has 0 bridgehead atoms. The van der Waals surface area contributed by atoms with E-state index in [4.69, 9.17) is 11.6 Å². The van der Waals surface area contributed by atoms with Crippen molar-refractivity contribution < 1.29 is 0 Å². The zero-order valence-electron chi connectivity index (χ0n) is 12.4. The first-order chi connectivity index (χ1) is 9.54. The first kappa shape index (κ1) is 14.8. The van der Waals surface area contributed by atoms with Gasteiger partial charge in [-0.05, 0) is 20.3 Å². The van der Waals surface area contributed by atoms with Gasteiger partial charge >= 0.3 is 0 Å².